The number of nitrogens with one attached hydrogen (secondary N) is 2. The van der Waals surface area contributed by atoms with E-state index in [4.69, 9.17) is 11.6 Å². The fourth-order valence-corrected chi connectivity index (χ4v) is 2.71. The zero-order valence-electron chi connectivity index (χ0n) is 13.4. The summed E-state index contributed by atoms with van der Waals surface area (Å²) in [5.74, 6) is -0.238. The van der Waals surface area contributed by atoms with E-state index in [2.05, 4.69) is 31.8 Å². The second kappa shape index (κ2) is 8.70. The molecule has 5 nitrogen and oxygen atoms in total. The number of benzene rings is 2. The zero-order valence-corrected chi connectivity index (χ0v) is 15.7. The van der Waals surface area contributed by atoms with Gasteiger partial charge in [-0.25, -0.2) is 5.43 Å². The normalized spacial score (nSPS) is 10.7. The van der Waals surface area contributed by atoms with E-state index in [1.807, 2.05) is 43.3 Å². The van der Waals surface area contributed by atoms with Crippen LogP contribution in [0.15, 0.2) is 52.0 Å². The van der Waals surface area contributed by atoms with E-state index in [1.54, 1.807) is 24.4 Å². The summed E-state index contributed by atoms with van der Waals surface area (Å²) in [7, 11) is 3.96. The number of amides is 1. The molecule has 126 valence electrons. The lowest BCUT2D eigenvalue weighted by Gasteiger charge is -2.11. The first-order valence-corrected chi connectivity index (χ1v) is 8.41. The molecule has 2 aromatic carbocycles. The van der Waals surface area contributed by atoms with Crippen LogP contribution in [0.25, 0.3) is 0 Å². The summed E-state index contributed by atoms with van der Waals surface area (Å²) in [6.45, 7) is 0.108. The topological polar surface area (TPSA) is 56.7 Å². The molecule has 0 heterocycles. The predicted molar refractivity (Wildman–Crippen MR) is 104 cm³/mol. The average Bonchev–Trinajstić information content (AvgIpc) is 2.54. The Balaban J connectivity index is 1.82. The number of carbonyl (C=O) groups excluding carboxylic acids is 1. The van der Waals surface area contributed by atoms with E-state index in [-0.39, 0.29) is 12.5 Å². The number of anilines is 2. The van der Waals surface area contributed by atoms with Crippen molar-refractivity contribution in [2.75, 3.05) is 30.9 Å². The Labute approximate surface area is 154 Å². The van der Waals surface area contributed by atoms with Crippen LogP contribution in [0, 0.1) is 0 Å². The third-order valence-corrected chi connectivity index (χ3v) is 4.07. The van der Waals surface area contributed by atoms with Gasteiger partial charge < -0.3 is 10.2 Å². The highest BCUT2D eigenvalue weighted by Gasteiger charge is 2.03. The fourth-order valence-electron chi connectivity index (χ4n) is 1.89. The third-order valence-electron chi connectivity index (χ3n) is 3.18. The second-order valence-corrected chi connectivity index (χ2v) is 6.55. The van der Waals surface area contributed by atoms with E-state index in [1.165, 1.54) is 0 Å². The highest BCUT2D eigenvalue weighted by atomic mass is 79.9. The van der Waals surface area contributed by atoms with Crippen molar-refractivity contribution in [2.45, 2.75) is 0 Å². The molecule has 0 spiro atoms. The van der Waals surface area contributed by atoms with Gasteiger partial charge in [0.15, 0.2) is 0 Å². The van der Waals surface area contributed by atoms with Crippen molar-refractivity contribution < 1.29 is 4.79 Å². The van der Waals surface area contributed by atoms with Gasteiger partial charge in [-0.05, 0) is 51.8 Å². The van der Waals surface area contributed by atoms with Crippen molar-refractivity contribution in [1.82, 2.24) is 5.43 Å². The van der Waals surface area contributed by atoms with Crippen LogP contribution in [0.4, 0.5) is 11.4 Å². The van der Waals surface area contributed by atoms with Crippen LogP contribution >= 0.6 is 27.5 Å². The molecular formula is C17H18BrClN4O. The molecule has 1 amide bonds. The Morgan fingerprint density at radius 3 is 2.58 bits per heavy atom. The van der Waals surface area contributed by atoms with Gasteiger partial charge in [0.2, 0.25) is 0 Å². The summed E-state index contributed by atoms with van der Waals surface area (Å²) in [5, 5.41) is 7.59. The number of hydrazone groups is 1. The molecular weight excluding hydrogens is 392 g/mol. The lowest BCUT2D eigenvalue weighted by molar-refractivity contribution is -0.119. The minimum absolute atomic E-state index is 0.108. The van der Waals surface area contributed by atoms with Gasteiger partial charge in [-0.1, -0.05) is 23.7 Å². The maximum atomic E-state index is 11.8. The fraction of sp³-hybridized carbons (Fsp3) is 0.176. The molecule has 0 radical (unpaired) electrons. The summed E-state index contributed by atoms with van der Waals surface area (Å²) < 4.78 is 0.798. The van der Waals surface area contributed by atoms with Gasteiger partial charge >= 0.3 is 0 Å². The number of nitrogens with zero attached hydrogens (tertiary/aromatic N) is 2. The van der Waals surface area contributed by atoms with Gasteiger partial charge in [-0.15, -0.1) is 0 Å². The van der Waals surface area contributed by atoms with Crippen molar-refractivity contribution in [2.24, 2.45) is 5.10 Å². The molecule has 2 N–H and O–H groups in total. The van der Waals surface area contributed by atoms with Crippen LogP contribution in [0.5, 0.6) is 0 Å². The number of hydrogen-bond donors (Lipinski definition) is 2. The summed E-state index contributed by atoms with van der Waals surface area (Å²) in [6, 6.07) is 13.2. The third kappa shape index (κ3) is 5.54. The molecule has 0 saturated carbocycles. The highest BCUT2D eigenvalue weighted by molar-refractivity contribution is 9.10. The molecule has 0 unspecified atom stereocenters. The number of carbonyl (C=O) groups is 1. The first kappa shape index (κ1) is 18.3. The SMILES string of the molecule is CN(C)c1ccc(/C=N\NC(=O)CNc2ccc(Cl)cc2Br)cc1. The van der Waals surface area contributed by atoms with E-state index in [0.29, 0.717) is 5.02 Å². The minimum atomic E-state index is -0.238. The van der Waals surface area contributed by atoms with Crippen molar-refractivity contribution in [1.29, 1.82) is 0 Å². The minimum Gasteiger partial charge on any atom is -0.378 e. The largest absolute Gasteiger partial charge is 0.378 e. The maximum Gasteiger partial charge on any atom is 0.259 e. The number of hydrogen-bond acceptors (Lipinski definition) is 4. The monoisotopic (exact) mass is 408 g/mol. The molecule has 24 heavy (non-hydrogen) atoms. The molecule has 0 saturated heterocycles. The average molecular weight is 410 g/mol. The van der Waals surface area contributed by atoms with Crippen LogP contribution in [0.1, 0.15) is 5.56 Å². The van der Waals surface area contributed by atoms with Crippen molar-refractivity contribution in [3.8, 4) is 0 Å². The number of halogens is 2. The van der Waals surface area contributed by atoms with Crippen LogP contribution in [0.2, 0.25) is 5.02 Å². The van der Waals surface area contributed by atoms with E-state index >= 15 is 0 Å². The molecule has 0 aliphatic rings. The van der Waals surface area contributed by atoms with Gasteiger partial charge in [-0.3, -0.25) is 4.79 Å². The highest BCUT2D eigenvalue weighted by Crippen LogP contribution is 2.25. The van der Waals surface area contributed by atoms with Crippen molar-refractivity contribution in [3.05, 3.63) is 57.5 Å². The number of rotatable bonds is 6. The van der Waals surface area contributed by atoms with E-state index in [0.717, 1.165) is 21.4 Å². The summed E-state index contributed by atoms with van der Waals surface area (Å²) >= 11 is 9.26. The Kier molecular flexibility index (Phi) is 6.63. The predicted octanol–water partition coefficient (Wildman–Crippen LogP) is 3.73. The first-order chi connectivity index (χ1) is 11.5. The molecule has 0 aliphatic carbocycles. The zero-order chi connectivity index (χ0) is 17.5. The van der Waals surface area contributed by atoms with Crippen LogP contribution in [-0.2, 0) is 4.79 Å². The van der Waals surface area contributed by atoms with Crippen LogP contribution < -0.4 is 15.6 Å². The maximum absolute atomic E-state index is 11.8. The quantitative estimate of drug-likeness (QED) is 0.564. The lowest BCUT2D eigenvalue weighted by atomic mass is 10.2. The molecule has 0 bridgehead atoms. The Bertz CT molecular complexity index is 732. The van der Waals surface area contributed by atoms with E-state index in [9.17, 15) is 4.79 Å². The second-order valence-electron chi connectivity index (χ2n) is 5.26. The summed E-state index contributed by atoms with van der Waals surface area (Å²) in [5.41, 5.74) is 5.29. The molecule has 2 aromatic rings. The Hall–Kier alpha value is -2.05. The van der Waals surface area contributed by atoms with Gasteiger partial charge in [0.05, 0.1) is 12.8 Å². The first-order valence-electron chi connectivity index (χ1n) is 7.24. The van der Waals surface area contributed by atoms with Gasteiger partial charge in [0.25, 0.3) is 5.91 Å². The molecule has 0 fully saturated rings. The molecule has 7 heteroatoms. The Morgan fingerprint density at radius 1 is 1.25 bits per heavy atom. The standard InChI is InChI=1S/C17H18BrClN4O/c1-23(2)14-6-3-12(4-7-14)10-21-22-17(24)11-20-16-8-5-13(19)9-15(16)18/h3-10,20H,11H2,1-2H3,(H,22,24)/b21-10-. The van der Waals surface area contributed by atoms with Gasteiger partial charge in [0, 0.05) is 35.0 Å². The van der Waals surface area contributed by atoms with Crippen molar-refractivity contribution >= 4 is 51.0 Å². The molecule has 0 atom stereocenters. The Morgan fingerprint density at radius 2 is 1.96 bits per heavy atom. The smallest absolute Gasteiger partial charge is 0.259 e. The van der Waals surface area contributed by atoms with Crippen LogP contribution in [-0.4, -0.2) is 32.8 Å². The van der Waals surface area contributed by atoms with Gasteiger partial charge in [-0.2, -0.15) is 5.10 Å². The molecule has 0 aliphatic heterocycles. The lowest BCUT2D eigenvalue weighted by Crippen LogP contribution is -2.26. The van der Waals surface area contributed by atoms with Gasteiger partial charge in [0.1, 0.15) is 0 Å². The molecule has 2 rings (SSSR count). The van der Waals surface area contributed by atoms with E-state index < -0.39 is 0 Å². The van der Waals surface area contributed by atoms with Crippen molar-refractivity contribution in [3.63, 3.8) is 0 Å². The summed E-state index contributed by atoms with van der Waals surface area (Å²) in [6.07, 6.45) is 1.61. The van der Waals surface area contributed by atoms with Crippen LogP contribution in [0.3, 0.4) is 0 Å². The summed E-state index contributed by atoms with van der Waals surface area (Å²) in [4.78, 5) is 13.8. The molecule has 0 aromatic heterocycles.